The van der Waals surface area contributed by atoms with E-state index in [0.29, 0.717) is 5.69 Å². The number of hydrazone groups is 1. The molecule has 6 heteroatoms. The molecule has 1 atom stereocenters. The highest BCUT2D eigenvalue weighted by Gasteiger charge is 2.25. The van der Waals surface area contributed by atoms with Crippen molar-refractivity contribution < 1.29 is 14.7 Å². The van der Waals surface area contributed by atoms with Gasteiger partial charge in [-0.1, -0.05) is 48.5 Å². The summed E-state index contributed by atoms with van der Waals surface area (Å²) in [5.41, 5.74) is 1.64. The lowest BCUT2D eigenvalue weighted by Crippen LogP contribution is -2.40. The minimum Gasteiger partial charge on any atom is -0.387 e. The molecule has 0 saturated carbocycles. The molecule has 0 bridgehead atoms. The molecular formula is C19H19N3O3. The van der Waals surface area contributed by atoms with Crippen LogP contribution in [0.1, 0.15) is 24.5 Å². The number of hydrogen-bond donors (Lipinski definition) is 2. The van der Waals surface area contributed by atoms with Crippen molar-refractivity contribution in [2.45, 2.75) is 18.9 Å². The summed E-state index contributed by atoms with van der Waals surface area (Å²) in [6.45, 7) is 0.0845. The van der Waals surface area contributed by atoms with Crippen LogP contribution in [-0.2, 0) is 9.59 Å². The van der Waals surface area contributed by atoms with Gasteiger partial charge in [0, 0.05) is 19.4 Å². The van der Waals surface area contributed by atoms with Crippen LogP contribution in [0.3, 0.4) is 0 Å². The number of para-hydroxylation sites is 1. The lowest BCUT2D eigenvalue weighted by Gasteiger charge is -2.23. The topological polar surface area (TPSA) is 82.0 Å². The average Bonchev–Trinajstić information content (AvgIpc) is 2.67. The summed E-state index contributed by atoms with van der Waals surface area (Å²) in [5, 5.41) is 18.2. The van der Waals surface area contributed by atoms with E-state index in [1.807, 2.05) is 36.4 Å². The number of aliphatic hydroxyl groups is 1. The molecule has 25 heavy (non-hydrogen) atoms. The van der Waals surface area contributed by atoms with Crippen molar-refractivity contribution in [2.24, 2.45) is 5.10 Å². The Hall–Kier alpha value is -2.99. The van der Waals surface area contributed by atoms with E-state index >= 15 is 0 Å². The zero-order valence-electron chi connectivity index (χ0n) is 13.6. The highest BCUT2D eigenvalue weighted by Crippen LogP contribution is 2.19. The predicted molar refractivity (Wildman–Crippen MR) is 95.0 cm³/mol. The zero-order valence-corrected chi connectivity index (χ0v) is 13.6. The largest absolute Gasteiger partial charge is 0.387 e. The lowest BCUT2D eigenvalue weighted by molar-refractivity contribution is -0.119. The molecule has 0 saturated heterocycles. The molecule has 1 aliphatic heterocycles. The highest BCUT2D eigenvalue weighted by molar-refractivity contribution is 6.40. The van der Waals surface area contributed by atoms with Gasteiger partial charge >= 0.3 is 0 Å². The molecule has 0 spiro atoms. The van der Waals surface area contributed by atoms with E-state index < -0.39 is 6.10 Å². The SMILES string of the molecule is O=C(NC[C@@H](O)c1ccccc1)C1=NN(c2ccccc2)C(=O)CC1. The number of nitrogens with zero attached hydrogens (tertiary/aromatic N) is 2. The highest BCUT2D eigenvalue weighted by atomic mass is 16.3. The number of nitrogens with one attached hydrogen (secondary N) is 1. The summed E-state index contributed by atoms with van der Waals surface area (Å²) in [7, 11) is 0. The summed E-state index contributed by atoms with van der Waals surface area (Å²) >= 11 is 0. The number of benzene rings is 2. The Morgan fingerprint density at radius 3 is 2.40 bits per heavy atom. The third-order valence-electron chi connectivity index (χ3n) is 3.94. The van der Waals surface area contributed by atoms with Gasteiger partial charge in [-0.25, -0.2) is 5.01 Å². The fourth-order valence-electron chi connectivity index (χ4n) is 2.57. The molecule has 3 rings (SSSR count). The van der Waals surface area contributed by atoms with Gasteiger partial charge in [0.15, 0.2) is 0 Å². The van der Waals surface area contributed by atoms with E-state index in [9.17, 15) is 14.7 Å². The normalized spacial score (nSPS) is 15.5. The maximum Gasteiger partial charge on any atom is 0.267 e. The Bertz CT molecular complexity index is 775. The molecule has 6 nitrogen and oxygen atoms in total. The average molecular weight is 337 g/mol. The van der Waals surface area contributed by atoms with Crippen LogP contribution in [0.5, 0.6) is 0 Å². The monoisotopic (exact) mass is 337 g/mol. The van der Waals surface area contributed by atoms with E-state index in [1.54, 1.807) is 24.3 Å². The van der Waals surface area contributed by atoms with Gasteiger partial charge in [0.25, 0.3) is 5.91 Å². The summed E-state index contributed by atoms with van der Waals surface area (Å²) < 4.78 is 0. The molecule has 0 radical (unpaired) electrons. The van der Waals surface area contributed by atoms with Crippen molar-refractivity contribution in [1.82, 2.24) is 5.32 Å². The van der Waals surface area contributed by atoms with Crippen molar-refractivity contribution in [2.75, 3.05) is 11.6 Å². The Morgan fingerprint density at radius 2 is 1.72 bits per heavy atom. The van der Waals surface area contributed by atoms with E-state index in [0.717, 1.165) is 5.56 Å². The maximum atomic E-state index is 12.3. The minimum atomic E-state index is -0.791. The van der Waals surface area contributed by atoms with Gasteiger partial charge in [-0.2, -0.15) is 5.10 Å². The summed E-state index contributed by atoms with van der Waals surface area (Å²) in [5.74, 6) is -0.518. The molecule has 0 fully saturated rings. The second kappa shape index (κ2) is 7.72. The summed E-state index contributed by atoms with van der Waals surface area (Å²) in [4.78, 5) is 24.4. The quantitative estimate of drug-likeness (QED) is 0.876. The van der Waals surface area contributed by atoms with Gasteiger partial charge in [0.05, 0.1) is 11.8 Å². The van der Waals surface area contributed by atoms with Crippen LogP contribution in [-0.4, -0.2) is 29.2 Å². The first-order valence-electron chi connectivity index (χ1n) is 8.12. The number of carbonyl (C=O) groups excluding carboxylic acids is 2. The van der Waals surface area contributed by atoms with Crippen LogP contribution < -0.4 is 10.3 Å². The Kier molecular flexibility index (Phi) is 5.20. The molecular weight excluding hydrogens is 318 g/mol. The summed E-state index contributed by atoms with van der Waals surface area (Å²) in [6, 6.07) is 18.1. The van der Waals surface area contributed by atoms with Crippen molar-refractivity contribution >= 4 is 23.2 Å². The minimum absolute atomic E-state index is 0.0845. The van der Waals surface area contributed by atoms with Gasteiger partial charge in [-0.3, -0.25) is 9.59 Å². The van der Waals surface area contributed by atoms with Gasteiger partial charge in [0.1, 0.15) is 5.71 Å². The van der Waals surface area contributed by atoms with Crippen LogP contribution in [0.4, 0.5) is 5.69 Å². The second-order valence-corrected chi connectivity index (χ2v) is 5.72. The second-order valence-electron chi connectivity index (χ2n) is 5.72. The third-order valence-corrected chi connectivity index (χ3v) is 3.94. The van der Waals surface area contributed by atoms with Crippen LogP contribution >= 0.6 is 0 Å². The molecule has 1 heterocycles. The van der Waals surface area contributed by atoms with Crippen molar-refractivity contribution in [3.8, 4) is 0 Å². The predicted octanol–water partition coefficient (Wildman–Crippen LogP) is 2.02. The van der Waals surface area contributed by atoms with Gasteiger partial charge in [0.2, 0.25) is 5.91 Å². The zero-order chi connectivity index (χ0) is 17.6. The standard InChI is InChI=1S/C19H19N3O3/c23-17(14-7-3-1-4-8-14)13-20-19(25)16-11-12-18(24)22(21-16)15-9-5-2-6-10-15/h1-10,17,23H,11-13H2,(H,20,25)/t17-/m1/s1. The van der Waals surface area contributed by atoms with Gasteiger partial charge < -0.3 is 10.4 Å². The van der Waals surface area contributed by atoms with E-state index in [-0.39, 0.29) is 36.9 Å². The fraction of sp³-hybridized carbons (Fsp3) is 0.211. The van der Waals surface area contributed by atoms with E-state index in [2.05, 4.69) is 10.4 Å². The van der Waals surface area contributed by atoms with Gasteiger partial charge in [-0.05, 0) is 17.7 Å². The van der Waals surface area contributed by atoms with Crippen molar-refractivity contribution in [3.63, 3.8) is 0 Å². The van der Waals surface area contributed by atoms with Crippen LogP contribution in [0.15, 0.2) is 65.8 Å². The Labute approximate surface area is 145 Å². The smallest absolute Gasteiger partial charge is 0.267 e. The molecule has 0 aromatic heterocycles. The molecule has 1 aliphatic rings. The number of amides is 2. The van der Waals surface area contributed by atoms with Crippen molar-refractivity contribution in [3.05, 3.63) is 66.2 Å². The molecule has 2 aromatic rings. The molecule has 128 valence electrons. The Morgan fingerprint density at radius 1 is 1.08 bits per heavy atom. The molecule has 0 unspecified atom stereocenters. The molecule has 0 aliphatic carbocycles. The van der Waals surface area contributed by atoms with Crippen molar-refractivity contribution in [1.29, 1.82) is 0 Å². The molecule has 2 N–H and O–H groups in total. The van der Waals surface area contributed by atoms with E-state index in [1.165, 1.54) is 5.01 Å². The van der Waals surface area contributed by atoms with Crippen LogP contribution in [0, 0.1) is 0 Å². The Balaban J connectivity index is 1.66. The number of rotatable bonds is 5. The molecule has 2 amide bonds. The first kappa shape index (κ1) is 16.9. The van der Waals surface area contributed by atoms with E-state index in [4.69, 9.17) is 0 Å². The van der Waals surface area contributed by atoms with Crippen LogP contribution in [0.25, 0.3) is 0 Å². The molecule has 2 aromatic carbocycles. The first-order chi connectivity index (χ1) is 12.1. The number of aliphatic hydroxyl groups excluding tert-OH is 1. The maximum absolute atomic E-state index is 12.3. The summed E-state index contributed by atoms with van der Waals surface area (Å²) in [6.07, 6.45) is -0.279. The van der Waals surface area contributed by atoms with Gasteiger partial charge in [-0.15, -0.1) is 0 Å². The fourth-order valence-corrected chi connectivity index (χ4v) is 2.57. The first-order valence-corrected chi connectivity index (χ1v) is 8.12. The number of anilines is 1. The third kappa shape index (κ3) is 4.10. The number of hydrogen-bond acceptors (Lipinski definition) is 4. The van der Waals surface area contributed by atoms with Crippen LogP contribution in [0.2, 0.25) is 0 Å². The lowest BCUT2D eigenvalue weighted by atomic mass is 10.1. The number of carbonyl (C=O) groups is 2.